The van der Waals surface area contributed by atoms with Gasteiger partial charge in [-0.2, -0.15) is 0 Å². The maximum atomic E-state index is 11.3. The molecular weight excluding hydrogens is 200 g/mol. The van der Waals surface area contributed by atoms with E-state index >= 15 is 0 Å². The SMILES string of the molecule is CO/C=C(/C(=O)OC)c1ccoc1C=O. The highest BCUT2D eigenvalue weighted by molar-refractivity contribution is 6.17. The van der Waals surface area contributed by atoms with Crippen LogP contribution in [0.1, 0.15) is 16.1 Å². The van der Waals surface area contributed by atoms with Crippen molar-refractivity contribution in [3.05, 3.63) is 29.9 Å². The molecule has 0 unspecified atom stereocenters. The number of methoxy groups -OCH3 is 2. The summed E-state index contributed by atoms with van der Waals surface area (Å²) in [6.45, 7) is 0. The van der Waals surface area contributed by atoms with Crippen LogP contribution in [0.15, 0.2) is 23.0 Å². The van der Waals surface area contributed by atoms with E-state index in [-0.39, 0.29) is 11.3 Å². The van der Waals surface area contributed by atoms with Crippen LogP contribution in [0, 0.1) is 0 Å². The molecule has 0 saturated heterocycles. The summed E-state index contributed by atoms with van der Waals surface area (Å²) in [7, 11) is 2.64. The predicted molar refractivity (Wildman–Crippen MR) is 51.1 cm³/mol. The topological polar surface area (TPSA) is 65.7 Å². The second-order valence-electron chi connectivity index (χ2n) is 2.58. The van der Waals surface area contributed by atoms with Crippen molar-refractivity contribution in [2.45, 2.75) is 0 Å². The van der Waals surface area contributed by atoms with Gasteiger partial charge in [0, 0.05) is 5.56 Å². The fourth-order valence-corrected chi connectivity index (χ4v) is 1.08. The lowest BCUT2D eigenvalue weighted by atomic mass is 10.1. The molecule has 5 nitrogen and oxygen atoms in total. The number of hydrogen-bond acceptors (Lipinski definition) is 5. The van der Waals surface area contributed by atoms with Crippen molar-refractivity contribution in [3.8, 4) is 0 Å². The minimum atomic E-state index is -0.596. The van der Waals surface area contributed by atoms with Crippen LogP contribution in [-0.2, 0) is 14.3 Å². The molecule has 1 aromatic rings. The van der Waals surface area contributed by atoms with E-state index < -0.39 is 5.97 Å². The highest BCUT2D eigenvalue weighted by Gasteiger charge is 2.18. The molecule has 5 heteroatoms. The van der Waals surface area contributed by atoms with E-state index in [0.717, 1.165) is 0 Å². The van der Waals surface area contributed by atoms with Gasteiger partial charge in [0.2, 0.25) is 0 Å². The number of carbonyl (C=O) groups is 2. The van der Waals surface area contributed by atoms with Gasteiger partial charge in [-0.15, -0.1) is 0 Å². The highest BCUT2D eigenvalue weighted by Crippen LogP contribution is 2.20. The van der Waals surface area contributed by atoms with E-state index in [0.29, 0.717) is 11.8 Å². The molecule has 0 saturated carbocycles. The van der Waals surface area contributed by atoms with E-state index in [1.54, 1.807) is 0 Å². The van der Waals surface area contributed by atoms with E-state index in [2.05, 4.69) is 4.74 Å². The van der Waals surface area contributed by atoms with Crippen LogP contribution < -0.4 is 0 Å². The third-order valence-corrected chi connectivity index (χ3v) is 1.73. The van der Waals surface area contributed by atoms with Gasteiger partial charge in [-0.05, 0) is 6.07 Å². The van der Waals surface area contributed by atoms with Gasteiger partial charge in [-0.3, -0.25) is 4.79 Å². The Hall–Kier alpha value is -2.04. The van der Waals surface area contributed by atoms with Gasteiger partial charge in [0.15, 0.2) is 12.0 Å². The van der Waals surface area contributed by atoms with Gasteiger partial charge < -0.3 is 13.9 Å². The lowest BCUT2D eigenvalue weighted by molar-refractivity contribution is -0.133. The predicted octanol–water partition coefficient (Wildman–Crippen LogP) is 1.25. The second-order valence-corrected chi connectivity index (χ2v) is 2.58. The maximum Gasteiger partial charge on any atom is 0.341 e. The summed E-state index contributed by atoms with van der Waals surface area (Å²) < 4.78 is 14.1. The second kappa shape index (κ2) is 4.99. The lowest BCUT2D eigenvalue weighted by Crippen LogP contribution is -2.05. The first kappa shape index (κ1) is 11.0. The van der Waals surface area contributed by atoms with Crippen LogP contribution in [0.25, 0.3) is 5.57 Å². The Balaban J connectivity index is 3.15. The third kappa shape index (κ3) is 2.25. The Morgan fingerprint density at radius 2 is 2.20 bits per heavy atom. The van der Waals surface area contributed by atoms with Crippen molar-refractivity contribution < 1.29 is 23.5 Å². The van der Waals surface area contributed by atoms with E-state index in [1.165, 1.54) is 32.8 Å². The Morgan fingerprint density at radius 3 is 2.73 bits per heavy atom. The summed E-state index contributed by atoms with van der Waals surface area (Å²) in [5.41, 5.74) is 0.481. The standard InChI is InChI=1S/C10H10O5/c1-13-6-8(10(12)14-2)7-3-4-15-9(7)5-11/h3-6H,1-2H3/b8-6+. The molecule has 1 heterocycles. The number of furan rings is 1. The molecule has 0 aromatic carbocycles. The molecular formula is C10H10O5. The first-order chi connectivity index (χ1) is 7.24. The van der Waals surface area contributed by atoms with Crippen molar-refractivity contribution in [2.24, 2.45) is 0 Å². The molecule has 0 aliphatic rings. The van der Waals surface area contributed by atoms with Gasteiger partial charge in [0.1, 0.15) is 5.57 Å². The molecule has 0 bridgehead atoms. The largest absolute Gasteiger partial charge is 0.503 e. The zero-order chi connectivity index (χ0) is 11.3. The average molecular weight is 210 g/mol. The number of aldehydes is 1. The normalized spacial score (nSPS) is 10.9. The number of ether oxygens (including phenoxy) is 2. The number of hydrogen-bond donors (Lipinski definition) is 0. The van der Waals surface area contributed by atoms with Crippen LogP contribution in [0.2, 0.25) is 0 Å². The fourth-order valence-electron chi connectivity index (χ4n) is 1.08. The van der Waals surface area contributed by atoms with Gasteiger partial charge in [0.25, 0.3) is 0 Å². The van der Waals surface area contributed by atoms with Crippen molar-refractivity contribution in [1.82, 2.24) is 0 Å². The molecule has 0 amide bonds. The number of esters is 1. The summed E-state index contributed by atoms with van der Waals surface area (Å²) in [6.07, 6.45) is 3.02. The van der Waals surface area contributed by atoms with E-state index in [1.807, 2.05) is 0 Å². The zero-order valence-corrected chi connectivity index (χ0v) is 8.35. The van der Waals surface area contributed by atoms with Crippen molar-refractivity contribution in [3.63, 3.8) is 0 Å². The first-order valence-corrected chi connectivity index (χ1v) is 4.09. The van der Waals surface area contributed by atoms with Crippen molar-refractivity contribution in [1.29, 1.82) is 0 Å². The molecule has 80 valence electrons. The highest BCUT2D eigenvalue weighted by atomic mass is 16.5. The average Bonchev–Trinajstić information content (AvgIpc) is 2.72. The summed E-state index contributed by atoms with van der Waals surface area (Å²) in [4.78, 5) is 21.9. The van der Waals surface area contributed by atoms with Crippen molar-refractivity contribution in [2.75, 3.05) is 14.2 Å². The molecule has 15 heavy (non-hydrogen) atoms. The fraction of sp³-hybridized carbons (Fsp3) is 0.200. The minimum absolute atomic E-state index is 0.0590. The van der Waals surface area contributed by atoms with Crippen LogP contribution >= 0.6 is 0 Å². The molecule has 1 rings (SSSR count). The van der Waals surface area contributed by atoms with Gasteiger partial charge >= 0.3 is 5.97 Å². The van der Waals surface area contributed by atoms with Gasteiger partial charge in [-0.1, -0.05) is 0 Å². The van der Waals surface area contributed by atoms with Crippen LogP contribution in [-0.4, -0.2) is 26.5 Å². The minimum Gasteiger partial charge on any atom is -0.503 e. The molecule has 0 fully saturated rings. The van der Waals surface area contributed by atoms with Crippen LogP contribution in [0.4, 0.5) is 0 Å². The molecule has 1 aromatic heterocycles. The molecule has 0 atom stereocenters. The molecule has 0 spiro atoms. The Bertz CT molecular complexity index is 388. The molecule has 0 aliphatic heterocycles. The molecule has 0 radical (unpaired) electrons. The Morgan fingerprint density at radius 1 is 1.47 bits per heavy atom. The summed E-state index contributed by atoms with van der Waals surface area (Å²) in [6, 6.07) is 1.49. The smallest absolute Gasteiger partial charge is 0.341 e. The quantitative estimate of drug-likeness (QED) is 0.324. The van der Waals surface area contributed by atoms with E-state index in [4.69, 9.17) is 9.15 Å². The first-order valence-electron chi connectivity index (χ1n) is 4.09. The third-order valence-electron chi connectivity index (χ3n) is 1.73. The number of carbonyl (C=O) groups excluding carboxylic acids is 2. The molecule has 0 N–H and O–H groups in total. The maximum absolute atomic E-state index is 11.3. The monoisotopic (exact) mass is 210 g/mol. The van der Waals surface area contributed by atoms with Crippen LogP contribution in [0.5, 0.6) is 0 Å². The van der Waals surface area contributed by atoms with E-state index in [9.17, 15) is 9.59 Å². The summed E-state index contributed by atoms with van der Waals surface area (Å²) in [5, 5.41) is 0. The summed E-state index contributed by atoms with van der Waals surface area (Å²) >= 11 is 0. The summed E-state index contributed by atoms with van der Waals surface area (Å²) in [5.74, 6) is -0.537. The number of rotatable bonds is 4. The van der Waals surface area contributed by atoms with Gasteiger partial charge in [0.05, 0.1) is 26.7 Å². The lowest BCUT2D eigenvalue weighted by Gasteiger charge is -2.02. The van der Waals surface area contributed by atoms with Crippen LogP contribution in [0.3, 0.4) is 0 Å². The zero-order valence-electron chi connectivity index (χ0n) is 8.35. The van der Waals surface area contributed by atoms with Crippen molar-refractivity contribution >= 4 is 17.8 Å². The Kier molecular flexibility index (Phi) is 3.68. The molecule has 0 aliphatic carbocycles. The Labute approximate surface area is 86.3 Å². The van der Waals surface area contributed by atoms with Gasteiger partial charge in [-0.25, -0.2) is 4.79 Å².